The smallest absolute Gasteiger partial charge is 0.205 e. The van der Waals surface area contributed by atoms with E-state index in [0.717, 1.165) is 6.07 Å². The van der Waals surface area contributed by atoms with Gasteiger partial charge in [-0.15, -0.1) is 11.3 Å². The number of carbonyl (C=O) groups excluding carboxylic acids is 1. The van der Waals surface area contributed by atoms with Gasteiger partial charge in [-0.3, -0.25) is 4.79 Å². The second-order valence-corrected chi connectivity index (χ2v) is 3.99. The molecule has 1 heterocycles. The number of rotatable bonds is 2. The summed E-state index contributed by atoms with van der Waals surface area (Å²) in [5.74, 6) is -0.689. The number of nitrogen functional groups attached to an aromatic ring is 1. The zero-order valence-electron chi connectivity index (χ0n) is 7.74. The van der Waals surface area contributed by atoms with Gasteiger partial charge in [-0.2, -0.15) is 0 Å². The highest BCUT2D eigenvalue weighted by Gasteiger charge is 2.13. The maximum absolute atomic E-state index is 12.9. The molecule has 4 heteroatoms. The number of hydrogen-bond donors (Lipinski definition) is 1. The quantitative estimate of drug-likeness (QED) is 0.626. The fourth-order valence-corrected chi connectivity index (χ4v) is 1.94. The Balaban J connectivity index is 2.46. The first-order chi connectivity index (χ1) is 7.18. The summed E-state index contributed by atoms with van der Waals surface area (Å²) in [6.45, 7) is 0. The molecule has 0 bridgehead atoms. The van der Waals surface area contributed by atoms with E-state index in [2.05, 4.69) is 0 Å². The van der Waals surface area contributed by atoms with Gasteiger partial charge in [0.1, 0.15) is 5.82 Å². The predicted molar refractivity (Wildman–Crippen MR) is 58.6 cm³/mol. The molecule has 15 heavy (non-hydrogen) atoms. The lowest BCUT2D eigenvalue weighted by molar-refractivity contribution is 0.104. The number of ketones is 1. The van der Waals surface area contributed by atoms with Crippen molar-refractivity contribution in [2.24, 2.45) is 0 Å². The van der Waals surface area contributed by atoms with Crippen LogP contribution in [-0.2, 0) is 0 Å². The standard InChI is InChI=1S/C11H8FNOS/c12-7-3-4-9(13)8(6-7)11(14)10-2-1-5-15-10/h1-6H,13H2. The van der Waals surface area contributed by atoms with Crippen molar-refractivity contribution in [1.29, 1.82) is 0 Å². The molecule has 0 aliphatic rings. The van der Waals surface area contributed by atoms with Crippen LogP contribution in [-0.4, -0.2) is 5.78 Å². The molecule has 0 atom stereocenters. The molecule has 1 aromatic carbocycles. The van der Waals surface area contributed by atoms with Gasteiger partial charge in [-0.25, -0.2) is 4.39 Å². The van der Waals surface area contributed by atoms with Gasteiger partial charge in [0.25, 0.3) is 0 Å². The molecule has 0 aliphatic heterocycles. The number of nitrogens with two attached hydrogens (primary N) is 1. The van der Waals surface area contributed by atoms with E-state index < -0.39 is 5.82 Å². The number of halogens is 1. The van der Waals surface area contributed by atoms with E-state index in [9.17, 15) is 9.18 Å². The van der Waals surface area contributed by atoms with E-state index in [0.29, 0.717) is 10.6 Å². The number of benzene rings is 1. The molecule has 0 unspecified atom stereocenters. The van der Waals surface area contributed by atoms with Crippen LogP contribution in [0.25, 0.3) is 0 Å². The highest BCUT2D eigenvalue weighted by atomic mass is 32.1. The Labute approximate surface area is 90.2 Å². The first-order valence-corrected chi connectivity index (χ1v) is 5.19. The van der Waals surface area contributed by atoms with E-state index in [1.165, 1.54) is 23.5 Å². The Morgan fingerprint density at radius 3 is 2.80 bits per heavy atom. The topological polar surface area (TPSA) is 43.1 Å². The number of carbonyl (C=O) groups is 1. The van der Waals surface area contributed by atoms with Gasteiger partial charge < -0.3 is 5.73 Å². The number of thiophene rings is 1. The van der Waals surface area contributed by atoms with E-state index in [-0.39, 0.29) is 11.3 Å². The maximum atomic E-state index is 12.9. The zero-order chi connectivity index (χ0) is 10.8. The van der Waals surface area contributed by atoms with Gasteiger partial charge in [0.15, 0.2) is 0 Å². The van der Waals surface area contributed by atoms with E-state index in [1.807, 2.05) is 0 Å². The Bertz CT molecular complexity index is 493. The molecule has 1 aromatic heterocycles. The molecule has 0 amide bonds. The molecule has 2 aromatic rings. The first-order valence-electron chi connectivity index (χ1n) is 4.31. The van der Waals surface area contributed by atoms with Crippen molar-refractivity contribution in [3.05, 3.63) is 52.0 Å². The highest BCUT2D eigenvalue weighted by Crippen LogP contribution is 2.20. The summed E-state index contributed by atoms with van der Waals surface area (Å²) in [4.78, 5) is 12.4. The van der Waals surface area contributed by atoms with Crippen molar-refractivity contribution in [3.8, 4) is 0 Å². The minimum atomic E-state index is -0.455. The van der Waals surface area contributed by atoms with E-state index >= 15 is 0 Å². The molecule has 0 spiro atoms. The summed E-state index contributed by atoms with van der Waals surface area (Å²) < 4.78 is 12.9. The summed E-state index contributed by atoms with van der Waals surface area (Å²) in [6, 6.07) is 7.26. The molecule has 0 aliphatic carbocycles. The van der Waals surface area contributed by atoms with Gasteiger partial charge in [0.2, 0.25) is 5.78 Å². The van der Waals surface area contributed by atoms with Crippen molar-refractivity contribution in [1.82, 2.24) is 0 Å². The first kappa shape index (κ1) is 9.86. The van der Waals surface area contributed by atoms with E-state index in [4.69, 9.17) is 5.73 Å². The largest absolute Gasteiger partial charge is 0.398 e. The second kappa shape index (κ2) is 3.82. The van der Waals surface area contributed by atoms with Crippen LogP contribution in [0.4, 0.5) is 10.1 Å². The van der Waals surface area contributed by atoms with Crippen molar-refractivity contribution in [2.45, 2.75) is 0 Å². The third kappa shape index (κ3) is 1.89. The molecule has 0 radical (unpaired) electrons. The fourth-order valence-electron chi connectivity index (χ4n) is 1.27. The SMILES string of the molecule is Nc1ccc(F)cc1C(=O)c1cccs1. The summed E-state index contributed by atoms with van der Waals surface area (Å²) >= 11 is 1.31. The Hall–Kier alpha value is -1.68. The van der Waals surface area contributed by atoms with Gasteiger partial charge in [0, 0.05) is 11.3 Å². The van der Waals surface area contributed by atoms with Crippen LogP contribution >= 0.6 is 11.3 Å². The van der Waals surface area contributed by atoms with Crippen LogP contribution in [0.2, 0.25) is 0 Å². The monoisotopic (exact) mass is 221 g/mol. The zero-order valence-corrected chi connectivity index (χ0v) is 8.55. The number of hydrogen-bond acceptors (Lipinski definition) is 3. The van der Waals surface area contributed by atoms with Gasteiger partial charge in [-0.1, -0.05) is 6.07 Å². The Kier molecular flexibility index (Phi) is 2.51. The molecular formula is C11H8FNOS. The van der Waals surface area contributed by atoms with Crippen LogP contribution in [0, 0.1) is 5.82 Å². The second-order valence-electron chi connectivity index (χ2n) is 3.04. The molecule has 2 rings (SSSR count). The Morgan fingerprint density at radius 2 is 2.13 bits per heavy atom. The van der Waals surface area contributed by atoms with Crippen molar-refractivity contribution < 1.29 is 9.18 Å². The maximum Gasteiger partial charge on any atom is 0.205 e. The van der Waals surface area contributed by atoms with Crippen LogP contribution in [0.3, 0.4) is 0 Å². The lowest BCUT2D eigenvalue weighted by Gasteiger charge is -2.02. The van der Waals surface area contributed by atoms with Gasteiger partial charge in [0.05, 0.1) is 4.88 Å². The summed E-state index contributed by atoms with van der Waals surface area (Å²) in [5, 5.41) is 1.79. The molecule has 0 fully saturated rings. The lowest BCUT2D eigenvalue weighted by Crippen LogP contribution is -2.04. The van der Waals surface area contributed by atoms with Gasteiger partial charge >= 0.3 is 0 Å². The van der Waals surface area contributed by atoms with Crippen molar-refractivity contribution in [3.63, 3.8) is 0 Å². The highest BCUT2D eigenvalue weighted by molar-refractivity contribution is 7.12. The van der Waals surface area contributed by atoms with Crippen LogP contribution < -0.4 is 5.73 Å². The summed E-state index contributed by atoms with van der Waals surface area (Å²) in [6.07, 6.45) is 0. The van der Waals surface area contributed by atoms with Crippen LogP contribution in [0.15, 0.2) is 35.7 Å². The molecule has 76 valence electrons. The fraction of sp³-hybridized carbons (Fsp3) is 0. The van der Waals surface area contributed by atoms with Crippen molar-refractivity contribution >= 4 is 22.8 Å². The van der Waals surface area contributed by atoms with Gasteiger partial charge in [-0.05, 0) is 29.6 Å². The molecule has 0 saturated heterocycles. The minimum Gasteiger partial charge on any atom is -0.398 e. The summed E-state index contributed by atoms with van der Waals surface area (Å²) in [7, 11) is 0. The average molecular weight is 221 g/mol. The lowest BCUT2D eigenvalue weighted by atomic mass is 10.1. The molecule has 2 N–H and O–H groups in total. The third-order valence-electron chi connectivity index (χ3n) is 2.00. The Morgan fingerprint density at radius 1 is 1.33 bits per heavy atom. The molecular weight excluding hydrogens is 213 g/mol. The third-order valence-corrected chi connectivity index (χ3v) is 2.87. The summed E-state index contributed by atoms with van der Waals surface area (Å²) in [5.41, 5.74) is 6.13. The van der Waals surface area contributed by atoms with Crippen LogP contribution in [0.1, 0.15) is 15.2 Å². The molecule has 2 nitrogen and oxygen atoms in total. The average Bonchev–Trinajstić information content (AvgIpc) is 2.74. The van der Waals surface area contributed by atoms with Crippen LogP contribution in [0.5, 0.6) is 0 Å². The molecule has 0 saturated carbocycles. The predicted octanol–water partition coefficient (Wildman–Crippen LogP) is 2.70. The van der Waals surface area contributed by atoms with E-state index in [1.54, 1.807) is 17.5 Å². The normalized spacial score (nSPS) is 10.2. The minimum absolute atomic E-state index is 0.220. The number of anilines is 1. The van der Waals surface area contributed by atoms with Crippen molar-refractivity contribution in [2.75, 3.05) is 5.73 Å².